The van der Waals surface area contributed by atoms with Gasteiger partial charge in [-0.25, -0.2) is 4.99 Å². The van der Waals surface area contributed by atoms with Crippen LogP contribution in [0.25, 0.3) is 5.70 Å². The van der Waals surface area contributed by atoms with Gasteiger partial charge >= 0.3 is 5.91 Å². The van der Waals surface area contributed by atoms with Gasteiger partial charge in [-0.2, -0.15) is 0 Å². The minimum atomic E-state index is -0.481. The number of nitrogens with one attached hydrogen (secondary N) is 2. The zero-order valence-electron chi connectivity index (χ0n) is 16.6. The summed E-state index contributed by atoms with van der Waals surface area (Å²) in [7, 11) is 0. The van der Waals surface area contributed by atoms with E-state index in [4.69, 9.17) is 0 Å². The Labute approximate surface area is 175 Å². The normalized spacial score (nSPS) is 19.0. The number of aliphatic hydroxyl groups is 1. The number of phenols is 1. The van der Waals surface area contributed by atoms with Crippen molar-refractivity contribution in [2.45, 2.75) is 18.9 Å². The van der Waals surface area contributed by atoms with E-state index < -0.39 is 6.04 Å². The summed E-state index contributed by atoms with van der Waals surface area (Å²) in [5, 5.41) is 22.7. The van der Waals surface area contributed by atoms with Gasteiger partial charge in [0.05, 0.1) is 18.2 Å². The Bertz CT molecular complexity index is 1050. The molecule has 0 fully saturated rings. The number of hydrogen-bond acceptors (Lipinski definition) is 3. The van der Waals surface area contributed by atoms with Gasteiger partial charge in [-0.15, -0.1) is 0 Å². The Morgan fingerprint density at radius 2 is 1.93 bits per heavy atom. The Kier molecular flexibility index (Phi) is 5.91. The van der Waals surface area contributed by atoms with Gasteiger partial charge in [0.15, 0.2) is 0 Å². The van der Waals surface area contributed by atoms with Crippen molar-refractivity contribution in [1.82, 2.24) is 5.32 Å². The van der Waals surface area contributed by atoms with Crippen molar-refractivity contribution in [3.8, 4) is 5.75 Å². The van der Waals surface area contributed by atoms with E-state index in [1.165, 1.54) is 0 Å². The fraction of sp³-hybridized carbons (Fsp3) is 0.200. The summed E-state index contributed by atoms with van der Waals surface area (Å²) >= 11 is 0. The molecule has 2 bridgehead atoms. The van der Waals surface area contributed by atoms with Crippen LogP contribution in [0, 0.1) is 5.92 Å². The van der Waals surface area contributed by atoms with Crippen LogP contribution in [-0.4, -0.2) is 28.4 Å². The molecule has 4 rings (SSSR count). The summed E-state index contributed by atoms with van der Waals surface area (Å²) in [6, 6.07) is 16.0. The molecular weight excluding hydrogens is 376 g/mol. The molecule has 0 saturated heterocycles. The maximum absolute atomic E-state index is 13.2. The van der Waals surface area contributed by atoms with Gasteiger partial charge in [-0.05, 0) is 36.1 Å². The summed E-state index contributed by atoms with van der Waals surface area (Å²) in [6.45, 7) is -0.185. The summed E-state index contributed by atoms with van der Waals surface area (Å²) in [5.41, 5.74) is 4.12. The molecule has 5 nitrogen and oxygen atoms in total. The molecule has 4 N–H and O–H groups in total. The monoisotopic (exact) mass is 401 g/mol. The van der Waals surface area contributed by atoms with Gasteiger partial charge in [0.25, 0.3) is 0 Å². The average Bonchev–Trinajstić information content (AvgIpc) is 3.11. The Balaban J connectivity index is 1.69. The lowest BCUT2D eigenvalue weighted by Gasteiger charge is -2.16. The van der Waals surface area contributed by atoms with Crippen molar-refractivity contribution < 1.29 is 20.0 Å². The van der Waals surface area contributed by atoms with E-state index in [0.29, 0.717) is 12.1 Å². The van der Waals surface area contributed by atoms with Crippen LogP contribution in [-0.2, 0) is 4.79 Å². The highest BCUT2D eigenvalue weighted by molar-refractivity contribution is 6.36. The number of benzene rings is 2. The first kappa shape index (κ1) is 19.9. The summed E-state index contributed by atoms with van der Waals surface area (Å²) < 4.78 is 0. The fourth-order valence-corrected chi connectivity index (χ4v) is 3.92. The SMILES string of the molecule is O=C(N[C@@H](CO)c1ccccc1)C1=[NH+]C(c2cccc(O)c2)=C2C=CC=CC(C1)C2. The first-order valence-electron chi connectivity index (χ1n) is 10.1. The highest BCUT2D eigenvalue weighted by Crippen LogP contribution is 2.28. The number of aliphatic hydroxyl groups excluding tert-OH is 1. The maximum Gasteiger partial charge on any atom is 0.311 e. The van der Waals surface area contributed by atoms with E-state index in [1.54, 1.807) is 18.2 Å². The van der Waals surface area contributed by atoms with Crippen LogP contribution in [0.1, 0.15) is 30.0 Å². The van der Waals surface area contributed by atoms with E-state index in [9.17, 15) is 15.0 Å². The summed E-state index contributed by atoms with van der Waals surface area (Å²) in [4.78, 5) is 16.5. The molecule has 1 heterocycles. The maximum atomic E-state index is 13.2. The molecule has 0 saturated carbocycles. The molecule has 2 aliphatic rings. The summed E-state index contributed by atoms with van der Waals surface area (Å²) in [6.07, 6.45) is 9.53. The second kappa shape index (κ2) is 8.93. The second-order valence-corrected chi connectivity index (χ2v) is 7.59. The predicted octanol–water partition coefficient (Wildman–Crippen LogP) is 2.01. The number of amides is 1. The molecule has 0 radical (unpaired) electrons. The zero-order valence-corrected chi connectivity index (χ0v) is 16.6. The molecule has 2 aromatic rings. The van der Waals surface area contributed by atoms with Gasteiger partial charge in [-0.1, -0.05) is 60.7 Å². The van der Waals surface area contributed by atoms with Crippen LogP contribution < -0.4 is 10.3 Å². The lowest BCUT2D eigenvalue weighted by Crippen LogP contribution is -2.73. The van der Waals surface area contributed by atoms with Gasteiger partial charge in [-0.3, -0.25) is 4.79 Å². The van der Waals surface area contributed by atoms with E-state index in [0.717, 1.165) is 28.8 Å². The highest BCUT2D eigenvalue weighted by Gasteiger charge is 2.31. The quantitative estimate of drug-likeness (QED) is 0.619. The van der Waals surface area contributed by atoms with Crippen molar-refractivity contribution in [3.63, 3.8) is 0 Å². The Hall–Kier alpha value is -3.44. The lowest BCUT2D eigenvalue weighted by molar-refractivity contribution is -0.344. The van der Waals surface area contributed by atoms with Crippen molar-refractivity contribution in [3.05, 3.63) is 95.6 Å². The first-order valence-corrected chi connectivity index (χ1v) is 10.1. The fourth-order valence-electron chi connectivity index (χ4n) is 3.92. The molecule has 1 aliphatic heterocycles. The molecule has 1 amide bonds. The van der Waals surface area contributed by atoms with E-state index in [2.05, 4.69) is 16.4 Å². The van der Waals surface area contributed by atoms with Crippen molar-refractivity contribution in [1.29, 1.82) is 0 Å². The topological polar surface area (TPSA) is 83.5 Å². The molecule has 2 aromatic carbocycles. The molecule has 0 spiro atoms. The van der Waals surface area contributed by atoms with Crippen molar-refractivity contribution in [2.24, 2.45) is 5.92 Å². The molecular formula is C25H25N2O3+. The van der Waals surface area contributed by atoms with Crippen LogP contribution in [0.3, 0.4) is 0 Å². The Morgan fingerprint density at radius 1 is 1.10 bits per heavy atom. The third-order valence-corrected chi connectivity index (χ3v) is 5.44. The van der Waals surface area contributed by atoms with Crippen LogP contribution in [0.5, 0.6) is 5.75 Å². The van der Waals surface area contributed by atoms with Gasteiger partial charge < -0.3 is 15.5 Å². The molecule has 2 atom stereocenters. The summed E-state index contributed by atoms with van der Waals surface area (Å²) in [5.74, 6) is 0.122. The van der Waals surface area contributed by atoms with Crippen LogP contribution >= 0.6 is 0 Å². The van der Waals surface area contributed by atoms with E-state index >= 15 is 0 Å². The van der Waals surface area contributed by atoms with Gasteiger partial charge in [0.2, 0.25) is 11.4 Å². The molecule has 30 heavy (non-hydrogen) atoms. The first-order chi connectivity index (χ1) is 14.6. The smallest absolute Gasteiger partial charge is 0.311 e. The molecule has 5 heteroatoms. The number of hydrogen-bond donors (Lipinski definition) is 4. The van der Waals surface area contributed by atoms with Crippen molar-refractivity contribution >= 4 is 17.3 Å². The minimum Gasteiger partial charge on any atom is -0.508 e. The standard InChI is InChI=1S/C25H24N2O3/c28-16-23(18-8-2-1-3-9-18)27-25(30)22-14-17-7-4-5-10-19(13-17)24(26-22)20-11-6-12-21(29)15-20/h1-12,15,17,23,28-29H,13-14,16H2,(H,27,30)/p+1/t17?,23-/m0/s1. The minimum absolute atomic E-state index is 0.175. The molecule has 1 unspecified atom stereocenters. The number of phenolic OH excluding ortho intramolecular Hbond substituents is 1. The lowest BCUT2D eigenvalue weighted by atomic mass is 9.94. The largest absolute Gasteiger partial charge is 0.508 e. The number of allylic oxidation sites excluding steroid dienone is 5. The predicted molar refractivity (Wildman–Crippen MR) is 116 cm³/mol. The number of carbonyl (C=O) groups excluding carboxylic acids is 1. The van der Waals surface area contributed by atoms with Crippen LogP contribution in [0.15, 0.2) is 84.5 Å². The van der Waals surface area contributed by atoms with E-state index in [-0.39, 0.29) is 24.2 Å². The van der Waals surface area contributed by atoms with Gasteiger partial charge in [0.1, 0.15) is 5.75 Å². The van der Waals surface area contributed by atoms with Gasteiger partial charge in [0, 0.05) is 12.0 Å². The number of aromatic hydroxyl groups is 1. The Morgan fingerprint density at radius 3 is 2.70 bits per heavy atom. The highest BCUT2D eigenvalue weighted by atomic mass is 16.3. The number of carbonyl (C=O) groups is 1. The number of rotatable bonds is 5. The molecule has 152 valence electrons. The second-order valence-electron chi connectivity index (χ2n) is 7.59. The molecule has 0 aromatic heterocycles. The zero-order chi connectivity index (χ0) is 20.9. The molecule has 1 aliphatic carbocycles. The van der Waals surface area contributed by atoms with Crippen molar-refractivity contribution in [2.75, 3.05) is 6.61 Å². The number of fused-ring (bicyclic) bond motifs is 2. The average molecular weight is 401 g/mol. The third-order valence-electron chi connectivity index (χ3n) is 5.44. The van der Waals surface area contributed by atoms with E-state index in [1.807, 2.05) is 54.6 Å². The third kappa shape index (κ3) is 4.42. The van der Waals surface area contributed by atoms with Crippen LogP contribution in [0.2, 0.25) is 0 Å². The van der Waals surface area contributed by atoms with Crippen LogP contribution in [0.4, 0.5) is 0 Å².